The van der Waals surface area contributed by atoms with Gasteiger partial charge in [0.2, 0.25) is 11.7 Å². The number of carbonyl (C=O) groups is 1. The van der Waals surface area contributed by atoms with Gasteiger partial charge in [0.1, 0.15) is 5.75 Å². The lowest BCUT2D eigenvalue weighted by atomic mass is 10.1. The summed E-state index contributed by atoms with van der Waals surface area (Å²) in [5.74, 6) is 1.55. The van der Waals surface area contributed by atoms with Crippen molar-refractivity contribution in [1.82, 2.24) is 25.7 Å². The largest absolute Gasteiger partial charge is 0.485 e. The normalized spacial score (nSPS) is 10.9. The topological polar surface area (TPSA) is 106 Å². The zero-order chi connectivity index (χ0) is 19.3. The molecule has 0 unspecified atom stereocenters. The first-order valence-corrected chi connectivity index (χ1v) is 8.96. The minimum atomic E-state index is -0.151. The Hall–Kier alpha value is -3.68. The van der Waals surface area contributed by atoms with Crippen molar-refractivity contribution in [1.29, 1.82) is 0 Å². The highest BCUT2D eigenvalue weighted by atomic mass is 16.5. The van der Waals surface area contributed by atoms with E-state index in [0.717, 1.165) is 16.5 Å². The maximum atomic E-state index is 12.4. The second-order valence-corrected chi connectivity index (χ2v) is 6.25. The number of hydrogen-bond acceptors (Lipinski definition) is 6. The molecule has 28 heavy (non-hydrogen) atoms. The fraction of sp³-hybridized carbons (Fsp3) is 0.200. The molecule has 8 heteroatoms. The molecule has 0 saturated carbocycles. The summed E-state index contributed by atoms with van der Waals surface area (Å²) in [6, 6.07) is 12.8. The van der Waals surface area contributed by atoms with Crippen LogP contribution in [0.2, 0.25) is 0 Å². The van der Waals surface area contributed by atoms with Gasteiger partial charge in [-0.25, -0.2) is 0 Å². The summed E-state index contributed by atoms with van der Waals surface area (Å²) in [4.78, 5) is 16.5. The highest BCUT2D eigenvalue weighted by Crippen LogP contribution is 2.15. The number of H-pyrrole nitrogens is 1. The molecule has 4 rings (SSSR count). The molecule has 142 valence electrons. The van der Waals surface area contributed by atoms with Crippen LogP contribution < -0.4 is 10.1 Å². The summed E-state index contributed by atoms with van der Waals surface area (Å²) >= 11 is 0. The SMILES string of the molecule is CCc1nc(COc2ccc(C(=O)NCc3ccc4cn[nH]c4c3)cc2)no1. The van der Waals surface area contributed by atoms with E-state index in [-0.39, 0.29) is 12.5 Å². The number of ether oxygens (including phenoxy) is 1. The summed E-state index contributed by atoms with van der Waals surface area (Å²) in [5, 5.41) is 14.7. The highest BCUT2D eigenvalue weighted by molar-refractivity contribution is 5.94. The van der Waals surface area contributed by atoms with Crippen LogP contribution >= 0.6 is 0 Å². The summed E-state index contributed by atoms with van der Waals surface area (Å²) in [7, 11) is 0. The lowest BCUT2D eigenvalue weighted by molar-refractivity contribution is 0.0951. The van der Waals surface area contributed by atoms with Crippen LogP contribution in [0.1, 0.15) is 34.6 Å². The molecule has 0 saturated heterocycles. The van der Waals surface area contributed by atoms with Gasteiger partial charge < -0.3 is 14.6 Å². The maximum Gasteiger partial charge on any atom is 0.251 e. The molecule has 8 nitrogen and oxygen atoms in total. The number of fused-ring (bicyclic) bond motifs is 1. The van der Waals surface area contributed by atoms with Crippen LogP contribution in [0, 0.1) is 0 Å². The molecule has 2 aromatic carbocycles. The van der Waals surface area contributed by atoms with Crippen LogP contribution in [0.3, 0.4) is 0 Å². The molecule has 0 bridgehead atoms. The average Bonchev–Trinajstić information content (AvgIpc) is 3.39. The lowest BCUT2D eigenvalue weighted by Gasteiger charge is -2.07. The van der Waals surface area contributed by atoms with E-state index in [9.17, 15) is 4.79 Å². The average molecular weight is 377 g/mol. The fourth-order valence-corrected chi connectivity index (χ4v) is 2.72. The standard InChI is InChI=1S/C20H19N5O3/c1-2-19-23-18(25-28-19)12-27-16-7-5-14(6-8-16)20(26)21-10-13-3-4-15-11-22-24-17(15)9-13/h3-9,11H,2,10,12H2,1H3,(H,21,26)(H,22,24). The molecular formula is C20H19N5O3. The first-order valence-electron chi connectivity index (χ1n) is 8.96. The van der Waals surface area contributed by atoms with Crippen molar-refractivity contribution in [2.75, 3.05) is 0 Å². The zero-order valence-corrected chi connectivity index (χ0v) is 15.3. The summed E-state index contributed by atoms with van der Waals surface area (Å²) < 4.78 is 10.7. The van der Waals surface area contributed by atoms with E-state index in [0.29, 0.717) is 36.0 Å². The molecule has 2 N–H and O–H groups in total. The van der Waals surface area contributed by atoms with Gasteiger partial charge in [0, 0.05) is 23.9 Å². The van der Waals surface area contributed by atoms with Gasteiger partial charge in [0.15, 0.2) is 6.61 Å². The van der Waals surface area contributed by atoms with E-state index >= 15 is 0 Å². The van der Waals surface area contributed by atoms with Gasteiger partial charge in [-0.2, -0.15) is 10.1 Å². The van der Waals surface area contributed by atoms with Gasteiger partial charge in [-0.3, -0.25) is 9.89 Å². The molecule has 0 aliphatic heterocycles. The molecule has 0 fully saturated rings. The molecule has 0 spiro atoms. The Morgan fingerprint density at radius 1 is 1.21 bits per heavy atom. The van der Waals surface area contributed by atoms with Crippen molar-refractivity contribution in [3.63, 3.8) is 0 Å². The lowest BCUT2D eigenvalue weighted by Crippen LogP contribution is -2.22. The Morgan fingerprint density at radius 3 is 2.86 bits per heavy atom. The summed E-state index contributed by atoms with van der Waals surface area (Å²) in [6.45, 7) is 2.59. The van der Waals surface area contributed by atoms with E-state index in [1.807, 2.05) is 25.1 Å². The van der Waals surface area contributed by atoms with Gasteiger partial charge in [-0.15, -0.1) is 0 Å². The quantitative estimate of drug-likeness (QED) is 0.513. The van der Waals surface area contributed by atoms with Crippen molar-refractivity contribution in [2.45, 2.75) is 26.5 Å². The van der Waals surface area contributed by atoms with Gasteiger partial charge >= 0.3 is 0 Å². The van der Waals surface area contributed by atoms with Crippen LogP contribution in [-0.2, 0) is 19.6 Å². The molecule has 0 atom stereocenters. The molecule has 2 aromatic heterocycles. The van der Waals surface area contributed by atoms with E-state index in [1.165, 1.54) is 0 Å². The predicted octanol–water partition coefficient (Wildman–Crippen LogP) is 3.02. The first kappa shape index (κ1) is 17.7. The Labute approximate surface area is 160 Å². The van der Waals surface area contributed by atoms with Crippen LogP contribution in [0.4, 0.5) is 0 Å². The zero-order valence-electron chi connectivity index (χ0n) is 15.3. The second kappa shape index (κ2) is 7.91. The van der Waals surface area contributed by atoms with Gasteiger partial charge in [0.05, 0.1) is 11.7 Å². The van der Waals surface area contributed by atoms with Crippen LogP contribution in [-0.4, -0.2) is 26.2 Å². The number of aromatic nitrogens is 4. The molecule has 1 amide bonds. The number of nitrogens with zero attached hydrogens (tertiary/aromatic N) is 3. The Kier molecular flexibility index (Phi) is 5.01. The van der Waals surface area contributed by atoms with Crippen LogP contribution in [0.15, 0.2) is 53.2 Å². The third-order valence-corrected chi connectivity index (χ3v) is 4.26. The Bertz CT molecular complexity index is 1080. The van der Waals surface area contributed by atoms with Crippen molar-refractivity contribution in [3.05, 3.63) is 71.5 Å². The number of nitrogens with one attached hydrogen (secondary N) is 2. The molecule has 4 aromatic rings. The second-order valence-electron chi connectivity index (χ2n) is 6.25. The van der Waals surface area contributed by atoms with E-state index in [2.05, 4.69) is 25.7 Å². The van der Waals surface area contributed by atoms with Crippen LogP contribution in [0.25, 0.3) is 10.9 Å². The maximum absolute atomic E-state index is 12.4. The minimum Gasteiger partial charge on any atom is -0.485 e. The Morgan fingerprint density at radius 2 is 2.07 bits per heavy atom. The predicted molar refractivity (Wildman–Crippen MR) is 102 cm³/mol. The number of hydrogen-bond donors (Lipinski definition) is 2. The molecule has 2 heterocycles. The number of amides is 1. The third-order valence-electron chi connectivity index (χ3n) is 4.26. The van der Waals surface area contributed by atoms with Crippen LogP contribution in [0.5, 0.6) is 5.75 Å². The molecule has 0 radical (unpaired) electrons. The van der Waals surface area contributed by atoms with Crippen molar-refractivity contribution < 1.29 is 14.1 Å². The highest BCUT2D eigenvalue weighted by Gasteiger charge is 2.08. The summed E-state index contributed by atoms with van der Waals surface area (Å²) in [6.07, 6.45) is 2.45. The van der Waals surface area contributed by atoms with E-state index in [4.69, 9.17) is 9.26 Å². The smallest absolute Gasteiger partial charge is 0.251 e. The summed E-state index contributed by atoms with van der Waals surface area (Å²) in [5.41, 5.74) is 2.50. The number of carbonyl (C=O) groups excluding carboxylic acids is 1. The number of aryl methyl sites for hydroxylation is 1. The van der Waals surface area contributed by atoms with Crippen molar-refractivity contribution >= 4 is 16.8 Å². The molecular weight excluding hydrogens is 358 g/mol. The monoisotopic (exact) mass is 377 g/mol. The van der Waals surface area contributed by atoms with Crippen molar-refractivity contribution in [2.24, 2.45) is 0 Å². The van der Waals surface area contributed by atoms with E-state index < -0.39 is 0 Å². The fourth-order valence-electron chi connectivity index (χ4n) is 2.72. The van der Waals surface area contributed by atoms with E-state index in [1.54, 1.807) is 30.5 Å². The Balaban J connectivity index is 1.31. The van der Waals surface area contributed by atoms with Gasteiger partial charge in [-0.1, -0.05) is 24.2 Å². The minimum absolute atomic E-state index is 0.151. The number of rotatable bonds is 7. The number of aromatic amines is 1. The third kappa shape index (κ3) is 4.01. The first-order chi connectivity index (χ1) is 13.7. The number of benzene rings is 2. The van der Waals surface area contributed by atoms with Gasteiger partial charge in [0.25, 0.3) is 5.91 Å². The van der Waals surface area contributed by atoms with Gasteiger partial charge in [-0.05, 0) is 35.9 Å². The molecule has 0 aliphatic carbocycles. The van der Waals surface area contributed by atoms with Crippen molar-refractivity contribution in [3.8, 4) is 5.75 Å². The molecule has 0 aliphatic rings.